The van der Waals surface area contributed by atoms with E-state index in [0.717, 1.165) is 6.07 Å². The summed E-state index contributed by atoms with van der Waals surface area (Å²) in [5, 5.41) is 14.6. The molecule has 0 radical (unpaired) electrons. The minimum Gasteiger partial charge on any atom is -0.274 e. The molecule has 2 rings (SSSR count). The van der Waals surface area contributed by atoms with Crippen LogP contribution in [0.5, 0.6) is 0 Å². The van der Waals surface area contributed by atoms with Crippen LogP contribution in [0.4, 0.5) is 11.5 Å². The predicted octanol–water partition coefficient (Wildman–Crippen LogP) is 2.09. The van der Waals surface area contributed by atoms with Gasteiger partial charge in [0.25, 0.3) is 15.7 Å². The molecule has 0 aliphatic heterocycles. The van der Waals surface area contributed by atoms with Crippen molar-refractivity contribution in [1.82, 2.24) is 9.78 Å². The summed E-state index contributed by atoms with van der Waals surface area (Å²) in [7, 11) is -2.36. The number of hydrogen-bond acceptors (Lipinski definition) is 5. The first-order valence-corrected chi connectivity index (χ1v) is 7.54. The first-order chi connectivity index (χ1) is 9.70. The van der Waals surface area contributed by atoms with Gasteiger partial charge in [-0.3, -0.25) is 19.5 Å². The number of rotatable bonds is 4. The van der Waals surface area contributed by atoms with Crippen LogP contribution in [0.3, 0.4) is 0 Å². The highest BCUT2D eigenvalue weighted by Gasteiger charge is 2.24. The fourth-order valence-electron chi connectivity index (χ4n) is 1.73. The number of nitro groups is 1. The van der Waals surface area contributed by atoms with E-state index in [0.29, 0.717) is 5.56 Å². The van der Waals surface area contributed by atoms with Crippen molar-refractivity contribution in [2.24, 2.45) is 7.05 Å². The van der Waals surface area contributed by atoms with Crippen molar-refractivity contribution in [1.29, 1.82) is 0 Å². The van der Waals surface area contributed by atoms with Crippen molar-refractivity contribution in [3.8, 4) is 0 Å². The number of sulfonamides is 1. The van der Waals surface area contributed by atoms with Crippen molar-refractivity contribution in [3.05, 3.63) is 45.1 Å². The molecule has 0 amide bonds. The van der Waals surface area contributed by atoms with Crippen LogP contribution in [0, 0.1) is 17.0 Å². The van der Waals surface area contributed by atoms with Crippen LogP contribution in [0.1, 0.15) is 5.56 Å². The van der Waals surface area contributed by atoms with E-state index < -0.39 is 20.6 Å². The highest BCUT2D eigenvalue weighted by molar-refractivity contribution is 7.92. The molecule has 112 valence electrons. The third kappa shape index (κ3) is 3.14. The lowest BCUT2D eigenvalue weighted by molar-refractivity contribution is -0.384. The highest BCUT2D eigenvalue weighted by atomic mass is 35.5. The van der Waals surface area contributed by atoms with Gasteiger partial charge < -0.3 is 0 Å². The smallest absolute Gasteiger partial charge is 0.274 e. The maximum atomic E-state index is 12.3. The number of nitrogens with zero attached hydrogens (tertiary/aromatic N) is 3. The second kappa shape index (κ2) is 5.34. The van der Waals surface area contributed by atoms with Crippen LogP contribution < -0.4 is 4.72 Å². The Bertz CT molecular complexity index is 816. The molecule has 1 aromatic carbocycles. The summed E-state index contributed by atoms with van der Waals surface area (Å²) in [6.07, 6.45) is 1.56. The minimum atomic E-state index is -3.99. The Morgan fingerprint density at radius 3 is 2.62 bits per heavy atom. The van der Waals surface area contributed by atoms with Crippen molar-refractivity contribution in [2.75, 3.05) is 4.72 Å². The Kier molecular flexibility index (Phi) is 3.88. The molecule has 0 saturated carbocycles. The largest absolute Gasteiger partial charge is 0.289 e. The summed E-state index contributed by atoms with van der Waals surface area (Å²) < 4.78 is 28.3. The number of aromatic nitrogens is 2. The standard InChI is InChI=1S/C11H11ClN4O4S/c1-7-5-8(12)9(16(17)18)6-10(7)21(19,20)14-11-3-4-15(2)13-11/h3-6H,1-2H3,(H,13,14). The molecule has 0 fully saturated rings. The fraction of sp³-hybridized carbons (Fsp3) is 0.182. The predicted molar refractivity (Wildman–Crippen MR) is 76.9 cm³/mol. The van der Waals surface area contributed by atoms with Gasteiger partial charge in [0.05, 0.1) is 9.82 Å². The molecular weight excluding hydrogens is 320 g/mol. The third-order valence-corrected chi connectivity index (χ3v) is 4.48. The van der Waals surface area contributed by atoms with Gasteiger partial charge in [0.15, 0.2) is 5.82 Å². The Labute approximate surface area is 125 Å². The van der Waals surface area contributed by atoms with E-state index in [-0.39, 0.29) is 15.7 Å². The summed E-state index contributed by atoms with van der Waals surface area (Å²) in [5.74, 6) is 0.120. The molecule has 0 aliphatic carbocycles. The molecule has 0 aliphatic rings. The molecule has 10 heteroatoms. The van der Waals surface area contributed by atoms with Crippen LogP contribution in [0.15, 0.2) is 29.3 Å². The van der Waals surface area contributed by atoms with Gasteiger partial charge in [0.1, 0.15) is 5.02 Å². The van der Waals surface area contributed by atoms with Gasteiger partial charge in [-0.05, 0) is 18.6 Å². The first kappa shape index (κ1) is 15.3. The zero-order chi connectivity index (χ0) is 15.8. The molecule has 1 N–H and O–H groups in total. The van der Waals surface area contributed by atoms with Gasteiger partial charge >= 0.3 is 0 Å². The Morgan fingerprint density at radius 1 is 1.43 bits per heavy atom. The van der Waals surface area contributed by atoms with Gasteiger partial charge in [0, 0.05) is 25.4 Å². The highest BCUT2D eigenvalue weighted by Crippen LogP contribution is 2.30. The van der Waals surface area contributed by atoms with Crippen molar-refractivity contribution >= 4 is 33.1 Å². The van der Waals surface area contributed by atoms with E-state index in [1.807, 2.05) is 0 Å². The van der Waals surface area contributed by atoms with Crippen LogP contribution in [0.25, 0.3) is 0 Å². The fourth-order valence-corrected chi connectivity index (χ4v) is 3.26. The Balaban J connectivity index is 2.49. The summed E-state index contributed by atoms with van der Waals surface area (Å²) in [6.45, 7) is 1.50. The van der Waals surface area contributed by atoms with Crippen molar-refractivity contribution < 1.29 is 13.3 Å². The molecule has 21 heavy (non-hydrogen) atoms. The summed E-state index contributed by atoms with van der Waals surface area (Å²) in [4.78, 5) is 9.91. The molecule has 0 saturated heterocycles. The maximum absolute atomic E-state index is 12.3. The zero-order valence-corrected chi connectivity index (χ0v) is 12.6. The average molecular weight is 331 g/mol. The lowest BCUT2D eigenvalue weighted by atomic mass is 10.2. The average Bonchev–Trinajstić information content (AvgIpc) is 2.72. The minimum absolute atomic E-state index is 0.116. The van der Waals surface area contributed by atoms with E-state index in [4.69, 9.17) is 11.6 Å². The van der Waals surface area contributed by atoms with E-state index in [1.165, 1.54) is 23.7 Å². The molecule has 1 heterocycles. The lowest BCUT2D eigenvalue weighted by Gasteiger charge is -2.09. The van der Waals surface area contributed by atoms with Crippen LogP contribution in [-0.2, 0) is 17.1 Å². The van der Waals surface area contributed by atoms with Crippen molar-refractivity contribution in [2.45, 2.75) is 11.8 Å². The monoisotopic (exact) mass is 330 g/mol. The molecular formula is C11H11ClN4O4S. The zero-order valence-electron chi connectivity index (χ0n) is 11.1. The lowest BCUT2D eigenvalue weighted by Crippen LogP contribution is -2.15. The Morgan fingerprint density at radius 2 is 2.10 bits per heavy atom. The van der Waals surface area contributed by atoms with E-state index in [1.54, 1.807) is 13.2 Å². The molecule has 0 spiro atoms. The van der Waals surface area contributed by atoms with Crippen molar-refractivity contribution in [3.63, 3.8) is 0 Å². The SMILES string of the molecule is Cc1cc(Cl)c([N+](=O)[O-])cc1S(=O)(=O)Nc1ccn(C)n1. The summed E-state index contributed by atoms with van der Waals surface area (Å²) in [5.41, 5.74) is -0.169. The van der Waals surface area contributed by atoms with E-state index in [9.17, 15) is 18.5 Å². The third-order valence-electron chi connectivity index (χ3n) is 2.68. The second-order valence-electron chi connectivity index (χ2n) is 4.31. The van der Waals surface area contributed by atoms with E-state index in [2.05, 4.69) is 9.82 Å². The molecule has 0 bridgehead atoms. The number of anilines is 1. The maximum Gasteiger partial charge on any atom is 0.289 e. The van der Waals surface area contributed by atoms with Gasteiger partial charge in [-0.25, -0.2) is 8.42 Å². The molecule has 0 unspecified atom stereocenters. The number of hydrogen-bond donors (Lipinski definition) is 1. The van der Waals surface area contributed by atoms with Gasteiger partial charge in [0.2, 0.25) is 0 Å². The van der Waals surface area contributed by atoms with Gasteiger partial charge in [-0.15, -0.1) is 0 Å². The number of nitrogens with one attached hydrogen (secondary N) is 1. The first-order valence-electron chi connectivity index (χ1n) is 5.68. The normalized spacial score (nSPS) is 11.4. The topological polar surface area (TPSA) is 107 Å². The molecule has 2 aromatic rings. The summed E-state index contributed by atoms with van der Waals surface area (Å²) >= 11 is 5.74. The number of halogens is 1. The Hall–Kier alpha value is -2.13. The van der Waals surface area contributed by atoms with Crippen LogP contribution >= 0.6 is 11.6 Å². The number of benzene rings is 1. The second-order valence-corrected chi connectivity index (χ2v) is 6.36. The number of aryl methyl sites for hydroxylation is 2. The van der Waals surface area contributed by atoms with Gasteiger partial charge in [-0.1, -0.05) is 11.6 Å². The quantitative estimate of drug-likeness (QED) is 0.682. The van der Waals surface area contributed by atoms with Crippen LogP contribution in [0.2, 0.25) is 5.02 Å². The summed E-state index contributed by atoms with van der Waals surface area (Å²) in [6, 6.07) is 3.65. The molecule has 8 nitrogen and oxygen atoms in total. The molecule has 1 aromatic heterocycles. The van der Waals surface area contributed by atoms with Crippen LogP contribution in [-0.4, -0.2) is 23.1 Å². The van der Waals surface area contributed by atoms with Gasteiger partial charge in [-0.2, -0.15) is 5.10 Å². The molecule has 0 atom stereocenters. The number of nitro benzene ring substituents is 1. The van der Waals surface area contributed by atoms with E-state index >= 15 is 0 Å².